The molecule has 1 fully saturated rings. The molecule has 0 bridgehead atoms. The highest BCUT2D eigenvalue weighted by molar-refractivity contribution is 5.67. The molecule has 1 rings (SSSR count). The number of nitrogens with one attached hydrogen (secondary N) is 2. The van der Waals surface area contributed by atoms with E-state index in [1.807, 2.05) is 20.8 Å². The summed E-state index contributed by atoms with van der Waals surface area (Å²) in [6.45, 7) is 7.75. The summed E-state index contributed by atoms with van der Waals surface area (Å²) in [4.78, 5) is 11.7. The Kier molecular flexibility index (Phi) is 6.43. The molecule has 0 aromatic heterocycles. The zero-order valence-electron chi connectivity index (χ0n) is 13.6. The Morgan fingerprint density at radius 2 is 1.95 bits per heavy atom. The van der Waals surface area contributed by atoms with E-state index in [4.69, 9.17) is 9.84 Å². The molecular formula is C15H30N2O4. The second kappa shape index (κ2) is 7.42. The van der Waals surface area contributed by atoms with Gasteiger partial charge in [0.15, 0.2) is 0 Å². The second-order valence-electron chi connectivity index (χ2n) is 7.22. The van der Waals surface area contributed by atoms with Gasteiger partial charge in [-0.15, -0.1) is 0 Å². The van der Waals surface area contributed by atoms with Crippen molar-refractivity contribution in [3.8, 4) is 0 Å². The quantitative estimate of drug-likeness (QED) is 0.588. The van der Waals surface area contributed by atoms with Gasteiger partial charge in [0.05, 0.1) is 12.2 Å². The molecule has 0 heterocycles. The SMILES string of the molecule is CC(O)(CO)CNC1CCCC1CNC(=O)OC(C)(C)C. The van der Waals surface area contributed by atoms with Crippen molar-refractivity contribution >= 4 is 6.09 Å². The van der Waals surface area contributed by atoms with Crippen LogP contribution in [0, 0.1) is 5.92 Å². The number of carbonyl (C=O) groups excluding carboxylic acids is 1. The van der Waals surface area contributed by atoms with E-state index in [9.17, 15) is 9.90 Å². The first-order valence-corrected chi connectivity index (χ1v) is 7.66. The molecule has 0 radical (unpaired) electrons. The smallest absolute Gasteiger partial charge is 0.407 e. The van der Waals surface area contributed by atoms with E-state index in [0.29, 0.717) is 19.0 Å². The van der Waals surface area contributed by atoms with Gasteiger partial charge >= 0.3 is 6.09 Å². The summed E-state index contributed by atoms with van der Waals surface area (Å²) in [6, 6.07) is 0.248. The third kappa shape index (κ3) is 7.11. The lowest BCUT2D eigenvalue weighted by atomic mass is 10.0. The van der Waals surface area contributed by atoms with Crippen LogP contribution in [0.15, 0.2) is 0 Å². The molecule has 6 heteroatoms. The number of hydrogen-bond donors (Lipinski definition) is 4. The van der Waals surface area contributed by atoms with Crippen LogP contribution in [0.4, 0.5) is 4.79 Å². The van der Waals surface area contributed by atoms with Gasteiger partial charge in [-0.1, -0.05) is 6.42 Å². The molecule has 21 heavy (non-hydrogen) atoms. The van der Waals surface area contributed by atoms with Crippen LogP contribution in [0.5, 0.6) is 0 Å². The van der Waals surface area contributed by atoms with Crippen molar-refractivity contribution in [2.24, 2.45) is 5.92 Å². The first kappa shape index (κ1) is 18.2. The lowest BCUT2D eigenvalue weighted by molar-refractivity contribution is -0.000221. The number of amides is 1. The second-order valence-corrected chi connectivity index (χ2v) is 7.22. The Labute approximate surface area is 127 Å². The zero-order chi connectivity index (χ0) is 16.1. The average molecular weight is 302 g/mol. The highest BCUT2D eigenvalue weighted by Crippen LogP contribution is 2.25. The van der Waals surface area contributed by atoms with Gasteiger partial charge in [-0.25, -0.2) is 4.79 Å². The molecule has 1 aliphatic carbocycles. The van der Waals surface area contributed by atoms with E-state index < -0.39 is 17.3 Å². The van der Waals surface area contributed by atoms with E-state index in [2.05, 4.69) is 10.6 Å². The first-order valence-electron chi connectivity index (χ1n) is 7.66. The Morgan fingerprint density at radius 1 is 1.29 bits per heavy atom. The van der Waals surface area contributed by atoms with Crippen molar-refractivity contribution in [2.45, 2.75) is 64.2 Å². The molecule has 3 unspecified atom stereocenters. The monoisotopic (exact) mass is 302 g/mol. The molecule has 1 saturated carbocycles. The summed E-state index contributed by atoms with van der Waals surface area (Å²) < 4.78 is 5.22. The van der Waals surface area contributed by atoms with Crippen molar-refractivity contribution in [1.29, 1.82) is 0 Å². The molecule has 6 nitrogen and oxygen atoms in total. The third-order valence-corrected chi connectivity index (χ3v) is 3.65. The van der Waals surface area contributed by atoms with Gasteiger partial charge in [-0.2, -0.15) is 0 Å². The van der Waals surface area contributed by atoms with Gasteiger partial charge in [0.1, 0.15) is 5.60 Å². The van der Waals surface area contributed by atoms with Gasteiger partial charge in [0.25, 0.3) is 0 Å². The minimum Gasteiger partial charge on any atom is -0.444 e. The number of alkyl carbamates (subject to hydrolysis) is 1. The van der Waals surface area contributed by atoms with Crippen LogP contribution in [0.25, 0.3) is 0 Å². The van der Waals surface area contributed by atoms with Crippen LogP contribution in [0.3, 0.4) is 0 Å². The summed E-state index contributed by atoms with van der Waals surface area (Å²) in [5, 5.41) is 25.0. The van der Waals surface area contributed by atoms with Gasteiger partial charge in [-0.05, 0) is 46.5 Å². The average Bonchev–Trinajstić information content (AvgIpc) is 2.79. The highest BCUT2D eigenvalue weighted by Gasteiger charge is 2.30. The highest BCUT2D eigenvalue weighted by atomic mass is 16.6. The predicted molar refractivity (Wildman–Crippen MR) is 81.1 cm³/mol. The van der Waals surface area contributed by atoms with Gasteiger partial charge in [-0.3, -0.25) is 0 Å². The van der Waals surface area contributed by atoms with Crippen molar-refractivity contribution in [3.63, 3.8) is 0 Å². The fraction of sp³-hybridized carbons (Fsp3) is 0.933. The molecule has 124 valence electrons. The molecule has 1 aliphatic rings. The molecule has 0 aromatic rings. The number of ether oxygens (including phenoxy) is 1. The van der Waals surface area contributed by atoms with Crippen LogP contribution in [0.2, 0.25) is 0 Å². The minimum absolute atomic E-state index is 0.248. The normalized spacial score (nSPS) is 25.4. The molecule has 1 amide bonds. The maximum absolute atomic E-state index is 11.7. The molecule has 3 atom stereocenters. The molecular weight excluding hydrogens is 272 g/mol. The molecule has 4 N–H and O–H groups in total. The standard InChI is InChI=1S/C15H30N2O4/c1-14(2,3)21-13(19)16-8-11-6-5-7-12(11)17-9-15(4,20)10-18/h11-12,17-18,20H,5-10H2,1-4H3,(H,16,19). The molecule has 0 aliphatic heterocycles. The number of rotatable bonds is 6. The zero-order valence-corrected chi connectivity index (χ0v) is 13.6. The Morgan fingerprint density at radius 3 is 2.52 bits per heavy atom. The number of carbonyl (C=O) groups is 1. The fourth-order valence-electron chi connectivity index (χ4n) is 2.49. The van der Waals surface area contributed by atoms with Crippen molar-refractivity contribution in [1.82, 2.24) is 10.6 Å². The molecule has 0 saturated heterocycles. The van der Waals surface area contributed by atoms with E-state index >= 15 is 0 Å². The van der Waals surface area contributed by atoms with Gasteiger partial charge in [0, 0.05) is 19.1 Å². The predicted octanol–water partition coefficient (Wildman–Crippen LogP) is 1.01. The topological polar surface area (TPSA) is 90.8 Å². The fourth-order valence-corrected chi connectivity index (χ4v) is 2.49. The third-order valence-electron chi connectivity index (χ3n) is 3.65. The van der Waals surface area contributed by atoms with Crippen LogP contribution in [0.1, 0.15) is 47.0 Å². The van der Waals surface area contributed by atoms with Crippen LogP contribution >= 0.6 is 0 Å². The Bertz CT molecular complexity index is 339. The summed E-state index contributed by atoms with van der Waals surface area (Å²) in [7, 11) is 0. The summed E-state index contributed by atoms with van der Waals surface area (Å²) in [6.07, 6.45) is 2.76. The lowest BCUT2D eigenvalue weighted by Crippen LogP contribution is -2.47. The van der Waals surface area contributed by atoms with Gasteiger partial charge < -0.3 is 25.6 Å². The number of hydrogen-bond acceptors (Lipinski definition) is 5. The van der Waals surface area contributed by atoms with Crippen LogP contribution in [-0.4, -0.2) is 53.2 Å². The van der Waals surface area contributed by atoms with Crippen LogP contribution in [-0.2, 0) is 4.74 Å². The maximum Gasteiger partial charge on any atom is 0.407 e. The van der Waals surface area contributed by atoms with Crippen molar-refractivity contribution in [2.75, 3.05) is 19.7 Å². The van der Waals surface area contributed by atoms with Crippen LogP contribution < -0.4 is 10.6 Å². The Hall–Kier alpha value is -0.850. The molecule has 0 aromatic carbocycles. The van der Waals surface area contributed by atoms with Crippen molar-refractivity contribution < 1.29 is 19.7 Å². The largest absolute Gasteiger partial charge is 0.444 e. The maximum atomic E-state index is 11.7. The Balaban J connectivity index is 2.35. The van der Waals surface area contributed by atoms with E-state index in [-0.39, 0.29) is 12.6 Å². The summed E-state index contributed by atoms with van der Waals surface area (Å²) >= 11 is 0. The number of aliphatic hydroxyl groups is 2. The van der Waals surface area contributed by atoms with E-state index in [1.165, 1.54) is 0 Å². The van der Waals surface area contributed by atoms with Crippen molar-refractivity contribution in [3.05, 3.63) is 0 Å². The molecule has 0 spiro atoms. The van der Waals surface area contributed by atoms with E-state index in [1.54, 1.807) is 6.92 Å². The summed E-state index contributed by atoms with van der Waals surface area (Å²) in [5.74, 6) is 0.326. The first-order chi connectivity index (χ1) is 9.63. The minimum atomic E-state index is -1.11. The van der Waals surface area contributed by atoms with E-state index in [0.717, 1.165) is 19.3 Å². The number of aliphatic hydroxyl groups excluding tert-OH is 1. The summed E-state index contributed by atoms with van der Waals surface area (Å²) in [5.41, 5.74) is -1.59. The van der Waals surface area contributed by atoms with Gasteiger partial charge in [0.2, 0.25) is 0 Å². The lowest BCUT2D eigenvalue weighted by Gasteiger charge is -2.27.